The van der Waals surface area contributed by atoms with Crippen LogP contribution in [0.2, 0.25) is 0 Å². The van der Waals surface area contributed by atoms with E-state index < -0.39 is 0 Å². The van der Waals surface area contributed by atoms with Crippen molar-refractivity contribution in [2.24, 2.45) is 11.8 Å². The highest BCUT2D eigenvalue weighted by molar-refractivity contribution is 5.91. The van der Waals surface area contributed by atoms with Gasteiger partial charge in [-0.2, -0.15) is 0 Å². The molecular weight excluding hydrogens is 236 g/mol. The highest BCUT2D eigenvalue weighted by Gasteiger charge is 2.42. The smallest absolute Gasteiger partial charge is 0.0722 e. The number of hydrogen-bond acceptors (Lipinski definition) is 3. The highest BCUT2D eigenvalue weighted by Crippen LogP contribution is 2.41. The molecule has 0 spiro atoms. The zero-order valence-corrected chi connectivity index (χ0v) is 10.9. The largest absolute Gasteiger partial charge is 0.393 e. The average molecular weight is 254 g/mol. The summed E-state index contributed by atoms with van der Waals surface area (Å²) in [7, 11) is 0. The monoisotopic (exact) mass is 254 g/mol. The number of pyridine rings is 1. The molecule has 1 saturated carbocycles. The molecule has 1 N–H and O–H groups in total. The van der Waals surface area contributed by atoms with E-state index >= 15 is 0 Å². The number of aliphatic hydroxyl groups excluding tert-OH is 1. The number of nitrogens with zero attached hydrogens (tertiary/aromatic N) is 2. The maximum absolute atomic E-state index is 10.0. The van der Waals surface area contributed by atoms with E-state index in [1.54, 1.807) is 0 Å². The average Bonchev–Trinajstić information content (AvgIpc) is 3.01. The molecule has 2 aromatic rings. The number of hydrogen-bond donors (Lipinski definition) is 1. The van der Waals surface area contributed by atoms with Gasteiger partial charge in [-0.1, -0.05) is 18.2 Å². The Morgan fingerprint density at radius 3 is 2.89 bits per heavy atom. The molecule has 1 aromatic carbocycles. The van der Waals surface area contributed by atoms with Gasteiger partial charge in [0.2, 0.25) is 0 Å². The van der Waals surface area contributed by atoms with Gasteiger partial charge in [0.05, 0.1) is 11.6 Å². The van der Waals surface area contributed by atoms with Crippen LogP contribution < -0.4 is 4.90 Å². The van der Waals surface area contributed by atoms with E-state index in [1.165, 1.54) is 17.5 Å². The molecule has 3 atom stereocenters. The summed E-state index contributed by atoms with van der Waals surface area (Å²) >= 11 is 0. The molecule has 0 bridgehead atoms. The van der Waals surface area contributed by atoms with E-state index in [4.69, 9.17) is 0 Å². The Labute approximate surface area is 112 Å². The van der Waals surface area contributed by atoms with Gasteiger partial charge in [0, 0.05) is 36.3 Å². The normalized spacial score (nSPS) is 29.9. The molecule has 2 aliphatic rings. The number of aliphatic hydroxyl groups is 1. The van der Waals surface area contributed by atoms with Crippen LogP contribution in [0.4, 0.5) is 5.69 Å². The Bertz CT molecular complexity index is 607. The van der Waals surface area contributed by atoms with Crippen molar-refractivity contribution < 1.29 is 5.11 Å². The van der Waals surface area contributed by atoms with Gasteiger partial charge >= 0.3 is 0 Å². The first-order chi connectivity index (χ1) is 9.33. The van der Waals surface area contributed by atoms with Crippen molar-refractivity contribution in [2.45, 2.75) is 18.9 Å². The second-order valence-corrected chi connectivity index (χ2v) is 5.82. The van der Waals surface area contributed by atoms with E-state index in [1.807, 2.05) is 12.3 Å². The molecular formula is C16H18N2O. The van der Waals surface area contributed by atoms with E-state index in [2.05, 4.69) is 34.1 Å². The van der Waals surface area contributed by atoms with Crippen LogP contribution in [-0.2, 0) is 0 Å². The molecule has 4 rings (SSSR count). The summed E-state index contributed by atoms with van der Waals surface area (Å²) in [5, 5.41) is 11.3. The predicted octanol–water partition coefficient (Wildman–Crippen LogP) is 2.44. The van der Waals surface area contributed by atoms with Gasteiger partial charge < -0.3 is 10.0 Å². The molecule has 3 unspecified atom stereocenters. The SMILES string of the molecule is OC1CCC2CN(c3ccnc4ccccc34)CC12. The second-order valence-electron chi connectivity index (χ2n) is 5.82. The van der Waals surface area contributed by atoms with Gasteiger partial charge in [0.15, 0.2) is 0 Å². The second kappa shape index (κ2) is 4.20. The number of anilines is 1. The Morgan fingerprint density at radius 1 is 1.11 bits per heavy atom. The molecule has 0 amide bonds. The lowest BCUT2D eigenvalue weighted by atomic mass is 10.00. The standard InChI is InChI=1S/C16H18N2O/c19-16-6-5-11-9-18(10-13(11)16)15-7-8-17-14-4-2-1-3-12(14)15/h1-4,7-8,11,13,16,19H,5-6,9-10H2. The summed E-state index contributed by atoms with van der Waals surface area (Å²) in [4.78, 5) is 6.86. The van der Waals surface area contributed by atoms with Gasteiger partial charge in [-0.25, -0.2) is 0 Å². The van der Waals surface area contributed by atoms with Gasteiger partial charge in [-0.15, -0.1) is 0 Å². The van der Waals surface area contributed by atoms with Gasteiger partial charge in [-0.3, -0.25) is 4.98 Å². The first-order valence-corrected chi connectivity index (χ1v) is 7.10. The van der Waals surface area contributed by atoms with Crippen LogP contribution in [0, 0.1) is 11.8 Å². The maximum Gasteiger partial charge on any atom is 0.0722 e. The Hall–Kier alpha value is -1.61. The predicted molar refractivity (Wildman–Crippen MR) is 76.2 cm³/mol. The fourth-order valence-electron chi connectivity index (χ4n) is 3.79. The summed E-state index contributed by atoms with van der Waals surface area (Å²) in [6, 6.07) is 10.4. The molecule has 19 heavy (non-hydrogen) atoms. The number of benzene rings is 1. The minimum Gasteiger partial charge on any atom is -0.393 e. The lowest BCUT2D eigenvalue weighted by Crippen LogP contribution is -2.24. The van der Waals surface area contributed by atoms with Crippen LogP contribution in [0.1, 0.15) is 12.8 Å². The molecule has 1 aliphatic carbocycles. The lowest BCUT2D eigenvalue weighted by molar-refractivity contribution is 0.133. The van der Waals surface area contributed by atoms with Crippen molar-refractivity contribution in [3.8, 4) is 0 Å². The molecule has 3 heteroatoms. The first kappa shape index (κ1) is 11.2. The first-order valence-electron chi connectivity index (χ1n) is 7.10. The van der Waals surface area contributed by atoms with Crippen LogP contribution in [-0.4, -0.2) is 29.3 Å². The number of fused-ring (bicyclic) bond motifs is 2. The molecule has 2 heterocycles. The molecule has 1 aromatic heterocycles. The minimum atomic E-state index is -0.0944. The quantitative estimate of drug-likeness (QED) is 0.849. The van der Waals surface area contributed by atoms with Crippen LogP contribution in [0.3, 0.4) is 0 Å². The molecule has 0 radical (unpaired) electrons. The van der Waals surface area contributed by atoms with Gasteiger partial charge in [0.1, 0.15) is 0 Å². The van der Waals surface area contributed by atoms with Gasteiger partial charge in [-0.05, 0) is 30.9 Å². The summed E-state index contributed by atoms with van der Waals surface area (Å²) in [6.45, 7) is 2.07. The van der Waals surface area contributed by atoms with Crippen molar-refractivity contribution in [1.82, 2.24) is 4.98 Å². The highest BCUT2D eigenvalue weighted by atomic mass is 16.3. The lowest BCUT2D eigenvalue weighted by Gasteiger charge is -2.22. The Balaban J connectivity index is 1.72. The van der Waals surface area contributed by atoms with Crippen molar-refractivity contribution >= 4 is 16.6 Å². The number of aromatic nitrogens is 1. The van der Waals surface area contributed by atoms with Crippen molar-refractivity contribution in [3.05, 3.63) is 36.5 Å². The number of rotatable bonds is 1. The van der Waals surface area contributed by atoms with E-state index in [-0.39, 0.29) is 6.10 Å². The Morgan fingerprint density at radius 2 is 2.00 bits per heavy atom. The third-order valence-corrected chi connectivity index (χ3v) is 4.79. The van der Waals surface area contributed by atoms with Crippen molar-refractivity contribution in [3.63, 3.8) is 0 Å². The fourth-order valence-corrected chi connectivity index (χ4v) is 3.79. The van der Waals surface area contributed by atoms with Crippen LogP contribution in [0.15, 0.2) is 36.5 Å². The minimum absolute atomic E-state index is 0.0944. The number of para-hydroxylation sites is 1. The van der Waals surface area contributed by atoms with E-state index in [9.17, 15) is 5.11 Å². The van der Waals surface area contributed by atoms with Gasteiger partial charge in [0.25, 0.3) is 0 Å². The van der Waals surface area contributed by atoms with E-state index in [0.717, 1.165) is 25.0 Å². The summed E-state index contributed by atoms with van der Waals surface area (Å²) < 4.78 is 0. The molecule has 2 fully saturated rings. The van der Waals surface area contributed by atoms with E-state index in [0.29, 0.717) is 11.8 Å². The topological polar surface area (TPSA) is 36.4 Å². The maximum atomic E-state index is 10.0. The third-order valence-electron chi connectivity index (χ3n) is 4.79. The zero-order chi connectivity index (χ0) is 12.8. The molecule has 3 nitrogen and oxygen atoms in total. The summed E-state index contributed by atoms with van der Waals surface area (Å²) in [5.74, 6) is 1.13. The van der Waals surface area contributed by atoms with Crippen molar-refractivity contribution in [1.29, 1.82) is 0 Å². The van der Waals surface area contributed by atoms with Crippen LogP contribution in [0.25, 0.3) is 10.9 Å². The molecule has 98 valence electrons. The van der Waals surface area contributed by atoms with Crippen LogP contribution >= 0.6 is 0 Å². The molecule has 1 aliphatic heterocycles. The zero-order valence-electron chi connectivity index (χ0n) is 10.9. The van der Waals surface area contributed by atoms with Crippen LogP contribution in [0.5, 0.6) is 0 Å². The summed E-state index contributed by atoms with van der Waals surface area (Å²) in [5.41, 5.74) is 2.32. The van der Waals surface area contributed by atoms with Crippen molar-refractivity contribution in [2.75, 3.05) is 18.0 Å². The third kappa shape index (κ3) is 1.72. The fraction of sp³-hybridized carbons (Fsp3) is 0.438. The Kier molecular flexibility index (Phi) is 2.49. The summed E-state index contributed by atoms with van der Waals surface area (Å²) in [6.07, 6.45) is 3.96. The molecule has 1 saturated heterocycles.